The van der Waals surface area contributed by atoms with Gasteiger partial charge in [-0.1, -0.05) is 36.4 Å². The van der Waals surface area contributed by atoms with E-state index >= 15 is 0 Å². The van der Waals surface area contributed by atoms with Crippen LogP contribution in [-0.4, -0.2) is 54.5 Å². The molecule has 1 aliphatic rings. The standard InChI is InChI=1S/C25H26Cl2N6O3/c1-5-14(2)31-17-11-36-12-18(17)32-21-9-16(29-13-30-21)15-7-6-8-28-25(15)33-24-22(26)19(34-3)10-20(35-4)23(24)27/h5-10,13,17-18,31H,1-2,11-12H2,3-4H3,(H,28,33)(H,29,30,32)/t17-,18+/m0/s1. The zero-order valence-electron chi connectivity index (χ0n) is 19.8. The molecule has 3 aromatic rings. The summed E-state index contributed by atoms with van der Waals surface area (Å²) in [5, 5.41) is 10.5. The molecular formula is C25H26Cl2N6O3. The Labute approximate surface area is 219 Å². The summed E-state index contributed by atoms with van der Waals surface area (Å²) in [7, 11) is 3.03. The highest BCUT2D eigenvalue weighted by Crippen LogP contribution is 2.45. The maximum Gasteiger partial charge on any atom is 0.143 e. The number of allylic oxidation sites excluding steroid dienone is 1. The van der Waals surface area contributed by atoms with Gasteiger partial charge in [-0.3, -0.25) is 0 Å². The summed E-state index contributed by atoms with van der Waals surface area (Å²) in [5.41, 5.74) is 2.50. The molecule has 3 heterocycles. The second-order valence-electron chi connectivity index (χ2n) is 7.87. The van der Waals surface area contributed by atoms with Gasteiger partial charge in [0.25, 0.3) is 0 Å². The van der Waals surface area contributed by atoms with Crippen molar-refractivity contribution in [3.63, 3.8) is 0 Å². The number of pyridine rings is 1. The van der Waals surface area contributed by atoms with Crippen LogP contribution in [-0.2, 0) is 4.74 Å². The Morgan fingerprint density at radius 3 is 2.50 bits per heavy atom. The molecule has 0 amide bonds. The molecule has 0 spiro atoms. The van der Waals surface area contributed by atoms with Crippen LogP contribution in [0, 0.1) is 0 Å². The number of hydrogen-bond acceptors (Lipinski definition) is 9. The SMILES string of the molecule is C=CC(=C)N[C@H]1COC[C@H]1Nc1cc(-c2cccnc2Nc2c(Cl)c(OC)cc(OC)c2Cl)ncn1. The molecule has 2 aromatic heterocycles. The van der Waals surface area contributed by atoms with E-state index in [-0.39, 0.29) is 12.1 Å². The summed E-state index contributed by atoms with van der Waals surface area (Å²) in [6.07, 6.45) is 4.82. The second-order valence-corrected chi connectivity index (χ2v) is 8.62. The van der Waals surface area contributed by atoms with Crippen LogP contribution in [0.5, 0.6) is 11.5 Å². The van der Waals surface area contributed by atoms with E-state index in [9.17, 15) is 0 Å². The monoisotopic (exact) mass is 528 g/mol. The normalized spacial score (nSPS) is 16.8. The maximum atomic E-state index is 6.55. The Morgan fingerprint density at radius 1 is 1.08 bits per heavy atom. The number of nitrogens with zero attached hydrogens (tertiary/aromatic N) is 3. The Kier molecular flexibility index (Phi) is 8.14. The van der Waals surface area contributed by atoms with E-state index < -0.39 is 0 Å². The van der Waals surface area contributed by atoms with E-state index in [1.807, 2.05) is 18.2 Å². The number of anilines is 3. The van der Waals surface area contributed by atoms with Crippen molar-refractivity contribution in [1.29, 1.82) is 0 Å². The first kappa shape index (κ1) is 25.6. The van der Waals surface area contributed by atoms with E-state index in [1.54, 1.807) is 18.3 Å². The number of hydrogen-bond donors (Lipinski definition) is 3. The van der Waals surface area contributed by atoms with Crippen molar-refractivity contribution in [2.45, 2.75) is 12.1 Å². The van der Waals surface area contributed by atoms with Gasteiger partial charge in [-0.15, -0.1) is 0 Å². The Balaban J connectivity index is 1.63. The number of halogens is 2. The van der Waals surface area contributed by atoms with Crippen molar-refractivity contribution in [3.8, 4) is 22.8 Å². The molecule has 3 N–H and O–H groups in total. The number of rotatable bonds is 10. The quantitative estimate of drug-likeness (QED) is 0.311. The first-order valence-corrected chi connectivity index (χ1v) is 11.8. The van der Waals surface area contributed by atoms with Crippen molar-refractivity contribution in [1.82, 2.24) is 20.3 Å². The van der Waals surface area contributed by atoms with Crippen molar-refractivity contribution in [2.24, 2.45) is 0 Å². The smallest absolute Gasteiger partial charge is 0.143 e. The molecule has 1 saturated heterocycles. The molecule has 0 radical (unpaired) electrons. The second kappa shape index (κ2) is 11.5. The first-order chi connectivity index (χ1) is 17.4. The third-order valence-corrected chi connectivity index (χ3v) is 6.35. The third kappa shape index (κ3) is 5.48. The van der Waals surface area contributed by atoms with Gasteiger partial charge in [-0.2, -0.15) is 0 Å². The van der Waals surface area contributed by atoms with Crippen LogP contribution in [0.4, 0.5) is 17.3 Å². The number of ether oxygens (including phenoxy) is 3. The highest BCUT2D eigenvalue weighted by atomic mass is 35.5. The van der Waals surface area contributed by atoms with Crippen molar-refractivity contribution in [3.05, 3.63) is 71.8 Å². The molecule has 1 aliphatic heterocycles. The fraction of sp³-hybridized carbons (Fsp3) is 0.240. The van der Waals surface area contributed by atoms with Crippen LogP contribution >= 0.6 is 23.2 Å². The van der Waals surface area contributed by atoms with Crippen LogP contribution in [0.1, 0.15) is 0 Å². The lowest BCUT2D eigenvalue weighted by atomic mass is 10.1. The molecule has 1 fully saturated rings. The zero-order chi connectivity index (χ0) is 25.7. The van der Waals surface area contributed by atoms with Crippen LogP contribution < -0.4 is 25.4 Å². The first-order valence-electron chi connectivity index (χ1n) is 11.0. The number of nitrogens with one attached hydrogen (secondary N) is 3. The van der Waals surface area contributed by atoms with Gasteiger partial charge in [0.05, 0.1) is 50.9 Å². The fourth-order valence-corrected chi connectivity index (χ4v) is 4.33. The van der Waals surface area contributed by atoms with Gasteiger partial charge in [0.2, 0.25) is 0 Å². The summed E-state index contributed by atoms with van der Waals surface area (Å²) in [4.78, 5) is 13.3. The molecule has 1 aromatic carbocycles. The molecule has 11 heteroatoms. The average Bonchev–Trinajstić information content (AvgIpc) is 3.33. The topological polar surface area (TPSA) is 102 Å². The zero-order valence-corrected chi connectivity index (χ0v) is 21.4. The van der Waals surface area contributed by atoms with Gasteiger partial charge in [0.15, 0.2) is 0 Å². The van der Waals surface area contributed by atoms with Gasteiger partial charge in [-0.25, -0.2) is 15.0 Å². The molecule has 4 rings (SSSR count). The lowest BCUT2D eigenvalue weighted by Gasteiger charge is -2.22. The minimum Gasteiger partial charge on any atom is -0.495 e. The molecule has 2 atom stereocenters. The predicted molar refractivity (Wildman–Crippen MR) is 143 cm³/mol. The summed E-state index contributed by atoms with van der Waals surface area (Å²) in [6, 6.07) is 7.18. The van der Waals surface area contributed by atoms with E-state index in [2.05, 4.69) is 44.1 Å². The minimum absolute atomic E-state index is 0.0159. The third-order valence-electron chi connectivity index (χ3n) is 5.60. The predicted octanol–water partition coefficient (Wildman–Crippen LogP) is 5.07. The number of methoxy groups -OCH3 is 2. The molecular weight excluding hydrogens is 503 g/mol. The van der Waals surface area contributed by atoms with Crippen LogP contribution in [0.2, 0.25) is 10.0 Å². The summed E-state index contributed by atoms with van der Waals surface area (Å²) in [6.45, 7) is 8.73. The molecule has 36 heavy (non-hydrogen) atoms. The van der Waals surface area contributed by atoms with E-state index in [4.69, 9.17) is 37.4 Å². The summed E-state index contributed by atoms with van der Waals surface area (Å²) >= 11 is 13.1. The van der Waals surface area contributed by atoms with Crippen molar-refractivity contribution < 1.29 is 14.2 Å². The number of benzene rings is 1. The molecule has 188 valence electrons. The van der Waals surface area contributed by atoms with Crippen molar-refractivity contribution >= 4 is 40.5 Å². The Morgan fingerprint density at radius 2 is 1.81 bits per heavy atom. The molecule has 0 aliphatic carbocycles. The van der Waals surface area contributed by atoms with Crippen LogP contribution in [0.3, 0.4) is 0 Å². The molecule has 0 saturated carbocycles. The van der Waals surface area contributed by atoms with E-state index in [0.717, 1.165) is 5.70 Å². The number of aromatic nitrogens is 3. The minimum atomic E-state index is -0.0159. The highest BCUT2D eigenvalue weighted by molar-refractivity contribution is 6.41. The maximum absolute atomic E-state index is 6.55. The van der Waals surface area contributed by atoms with Gasteiger partial charge >= 0.3 is 0 Å². The Bertz CT molecular complexity index is 1240. The van der Waals surface area contributed by atoms with E-state index in [0.29, 0.717) is 63.3 Å². The van der Waals surface area contributed by atoms with Gasteiger partial charge in [0, 0.05) is 29.6 Å². The van der Waals surface area contributed by atoms with Crippen molar-refractivity contribution in [2.75, 3.05) is 38.1 Å². The van der Waals surface area contributed by atoms with Crippen LogP contribution in [0.15, 0.2) is 61.7 Å². The summed E-state index contributed by atoms with van der Waals surface area (Å²) in [5.74, 6) is 1.95. The van der Waals surface area contributed by atoms with E-state index in [1.165, 1.54) is 20.5 Å². The molecule has 0 bridgehead atoms. The largest absolute Gasteiger partial charge is 0.495 e. The van der Waals surface area contributed by atoms with Gasteiger partial charge < -0.3 is 30.2 Å². The van der Waals surface area contributed by atoms with Crippen LogP contribution in [0.25, 0.3) is 11.3 Å². The lowest BCUT2D eigenvalue weighted by Crippen LogP contribution is -2.42. The summed E-state index contributed by atoms with van der Waals surface area (Å²) < 4.78 is 16.4. The fourth-order valence-electron chi connectivity index (χ4n) is 3.73. The molecule has 0 unspecified atom stereocenters. The highest BCUT2D eigenvalue weighted by Gasteiger charge is 2.28. The molecule has 9 nitrogen and oxygen atoms in total. The van der Waals surface area contributed by atoms with Gasteiger partial charge in [-0.05, 0) is 18.2 Å². The average molecular weight is 529 g/mol. The Hall–Kier alpha value is -3.53. The van der Waals surface area contributed by atoms with Gasteiger partial charge in [0.1, 0.15) is 39.5 Å². The lowest BCUT2D eigenvalue weighted by molar-refractivity contribution is 0.190.